The Morgan fingerprint density at radius 1 is 0.706 bits per heavy atom. The van der Waals surface area contributed by atoms with Crippen molar-refractivity contribution >= 4 is 0 Å². The average molecular weight is 449 g/mol. The first kappa shape index (κ1) is 23.4. The van der Waals surface area contributed by atoms with Crippen molar-refractivity contribution in [1.82, 2.24) is 0 Å². The number of aryl methyl sites for hydroxylation is 1. The monoisotopic (exact) mass is 448 g/mol. The maximum absolute atomic E-state index is 11.1. The quantitative estimate of drug-likeness (QED) is 0.281. The van der Waals surface area contributed by atoms with E-state index in [9.17, 15) is 10.2 Å². The molecule has 0 aliphatic rings. The smallest absolute Gasteiger partial charge is 0.126 e. The molecule has 0 aromatic heterocycles. The molecule has 34 heavy (non-hydrogen) atoms. The van der Waals surface area contributed by atoms with Gasteiger partial charge in [-0.05, 0) is 58.4 Å². The minimum Gasteiger partial charge on any atom is -0.507 e. The van der Waals surface area contributed by atoms with E-state index in [1.54, 1.807) is 0 Å². The van der Waals surface area contributed by atoms with Crippen molar-refractivity contribution in [2.45, 2.75) is 39.0 Å². The lowest BCUT2D eigenvalue weighted by molar-refractivity contribution is 0.469. The topological polar surface area (TPSA) is 40.5 Å². The number of allylic oxidation sites excluding steroid dienone is 1. The Morgan fingerprint density at radius 2 is 1.15 bits per heavy atom. The maximum atomic E-state index is 11.1. The van der Waals surface area contributed by atoms with E-state index < -0.39 is 0 Å². The van der Waals surface area contributed by atoms with Gasteiger partial charge in [0.25, 0.3) is 0 Å². The highest BCUT2D eigenvalue weighted by molar-refractivity contribution is 5.75. The van der Waals surface area contributed by atoms with E-state index in [0.717, 1.165) is 50.9 Å². The van der Waals surface area contributed by atoms with Crippen LogP contribution in [0.3, 0.4) is 0 Å². The highest BCUT2D eigenvalue weighted by atomic mass is 16.3. The van der Waals surface area contributed by atoms with Crippen LogP contribution < -0.4 is 0 Å². The van der Waals surface area contributed by atoms with Crippen LogP contribution in [-0.2, 0) is 18.3 Å². The fourth-order valence-electron chi connectivity index (χ4n) is 4.53. The van der Waals surface area contributed by atoms with Crippen LogP contribution in [0.4, 0.5) is 0 Å². The van der Waals surface area contributed by atoms with Crippen LogP contribution in [0.1, 0.15) is 43.0 Å². The molecule has 0 heterocycles. The Morgan fingerprint density at radius 3 is 1.59 bits per heavy atom. The summed E-state index contributed by atoms with van der Waals surface area (Å²) < 4.78 is 0. The van der Waals surface area contributed by atoms with E-state index in [0.29, 0.717) is 17.9 Å². The molecule has 4 aromatic carbocycles. The first-order valence-electron chi connectivity index (χ1n) is 11.8. The van der Waals surface area contributed by atoms with E-state index in [1.807, 2.05) is 66.7 Å². The summed E-state index contributed by atoms with van der Waals surface area (Å²) in [5.74, 6) is 0.645. The summed E-state index contributed by atoms with van der Waals surface area (Å²) in [5, 5.41) is 22.1. The van der Waals surface area contributed by atoms with Gasteiger partial charge in [0.15, 0.2) is 0 Å². The molecular weight excluding hydrogens is 416 g/mol. The summed E-state index contributed by atoms with van der Waals surface area (Å²) in [6.07, 6.45) is 3.15. The lowest BCUT2D eigenvalue weighted by Gasteiger charge is -2.29. The molecule has 0 aliphatic heterocycles. The van der Waals surface area contributed by atoms with Gasteiger partial charge in [-0.25, -0.2) is 0 Å². The van der Waals surface area contributed by atoms with Gasteiger partial charge in [0.05, 0.1) is 0 Å². The van der Waals surface area contributed by atoms with Gasteiger partial charge in [0, 0.05) is 16.5 Å². The Kier molecular flexibility index (Phi) is 6.61. The summed E-state index contributed by atoms with van der Waals surface area (Å²) in [7, 11) is 0. The number of hydrogen-bond acceptors (Lipinski definition) is 2. The van der Waals surface area contributed by atoms with Crippen molar-refractivity contribution < 1.29 is 10.2 Å². The molecule has 4 aromatic rings. The molecule has 0 aliphatic carbocycles. The molecular formula is C32H32O2. The summed E-state index contributed by atoms with van der Waals surface area (Å²) in [4.78, 5) is 0. The zero-order valence-corrected chi connectivity index (χ0v) is 20.2. The van der Waals surface area contributed by atoms with Crippen LogP contribution in [0.2, 0.25) is 0 Å². The van der Waals surface area contributed by atoms with E-state index in [1.165, 1.54) is 0 Å². The second kappa shape index (κ2) is 9.61. The van der Waals surface area contributed by atoms with Gasteiger partial charge in [0.2, 0.25) is 0 Å². The first-order chi connectivity index (χ1) is 16.4. The lowest BCUT2D eigenvalue weighted by Crippen LogP contribution is -2.20. The molecule has 172 valence electrons. The van der Waals surface area contributed by atoms with Gasteiger partial charge in [-0.2, -0.15) is 0 Å². The normalized spacial score (nSPS) is 11.4. The molecule has 4 rings (SSSR count). The fraction of sp³-hybridized carbons (Fsp3) is 0.188. The van der Waals surface area contributed by atoms with Crippen LogP contribution in [0.15, 0.2) is 97.6 Å². The molecule has 0 unspecified atom stereocenters. The number of hydrogen-bond donors (Lipinski definition) is 2. The van der Waals surface area contributed by atoms with E-state index in [2.05, 4.69) is 51.6 Å². The second-order valence-electron chi connectivity index (χ2n) is 9.27. The second-order valence-corrected chi connectivity index (χ2v) is 9.27. The Labute approximate surface area is 202 Å². The Bertz CT molecular complexity index is 1300. The zero-order chi connectivity index (χ0) is 24.3. The molecule has 2 N–H and O–H groups in total. The standard InChI is InChI=1S/C32H32O2/c1-5-13-25-19-27(21-29(31(25)34)24-16-11-8-12-17-24)32(3,4)26-18-22(6-2)30(33)28(20-26)23-14-9-7-10-15-23/h5,7-12,14-21,33-34H,1,6,13H2,2-4H3. The highest BCUT2D eigenvalue weighted by Crippen LogP contribution is 2.43. The van der Waals surface area contributed by atoms with Gasteiger partial charge < -0.3 is 10.2 Å². The molecule has 2 heteroatoms. The number of phenols is 2. The van der Waals surface area contributed by atoms with Gasteiger partial charge in [0.1, 0.15) is 11.5 Å². The summed E-state index contributed by atoms with van der Waals surface area (Å²) in [6, 6.07) is 28.4. The molecule has 0 saturated heterocycles. The molecule has 0 bridgehead atoms. The molecule has 2 nitrogen and oxygen atoms in total. The van der Waals surface area contributed by atoms with Gasteiger partial charge in [-0.3, -0.25) is 0 Å². The number of rotatable bonds is 7. The van der Waals surface area contributed by atoms with Gasteiger partial charge in [-0.1, -0.05) is 99.6 Å². The molecule has 0 spiro atoms. The molecule has 0 amide bonds. The lowest BCUT2D eigenvalue weighted by atomic mass is 9.75. The van der Waals surface area contributed by atoms with Gasteiger partial charge >= 0.3 is 0 Å². The minimum atomic E-state index is -0.367. The first-order valence-corrected chi connectivity index (χ1v) is 11.8. The number of aromatic hydroxyl groups is 2. The van der Waals surface area contributed by atoms with E-state index >= 15 is 0 Å². The fourth-order valence-corrected chi connectivity index (χ4v) is 4.53. The third kappa shape index (κ3) is 4.36. The van der Waals surface area contributed by atoms with Crippen LogP contribution in [-0.4, -0.2) is 10.2 Å². The summed E-state index contributed by atoms with van der Waals surface area (Å²) in [5.41, 5.74) is 7.28. The number of phenolic OH excluding ortho intramolecular Hbond substituents is 2. The third-order valence-electron chi connectivity index (χ3n) is 6.74. The largest absolute Gasteiger partial charge is 0.507 e. The van der Waals surface area contributed by atoms with Crippen molar-refractivity contribution in [2.24, 2.45) is 0 Å². The molecule has 0 fully saturated rings. The van der Waals surface area contributed by atoms with E-state index in [-0.39, 0.29) is 5.41 Å². The Balaban J connectivity index is 1.93. The van der Waals surface area contributed by atoms with Crippen LogP contribution >= 0.6 is 0 Å². The third-order valence-corrected chi connectivity index (χ3v) is 6.74. The predicted molar refractivity (Wildman–Crippen MR) is 142 cm³/mol. The van der Waals surface area contributed by atoms with Crippen LogP contribution in [0, 0.1) is 0 Å². The molecule has 0 saturated carbocycles. The zero-order valence-electron chi connectivity index (χ0n) is 20.2. The van der Waals surface area contributed by atoms with Gasteiger partial charge in [-0.15, -0.1) is 6.58 Å². The molecule has 0 radical (unpaired) electrons. The average Bonchev–Trinajstić information content (AvgIpc) is 2.86. The molecule has 0 atom stereocenters. The Hall–Kier alpha value is -3.78. The SMILES string of the molecule is C=CCc1cc(C(C)(C)c2cc(CC)c(O)c(-c3ccccc3)c2)cc(-c2ccccc2)c1O. The van der Waals surface area contributed by atoms with Crippen LogP contribution in [0.5, 0.6) is 11.5 Å². The van der Waals surface area contributed by atoms with Crippen molar-refractivity contribution in [3.05, 3.63) is 120 Å². The van der Waals surface area contributed by atoms with Crippen molar-refractivity contribution in [3.8, 4) is 33.8 Å². The van der Waals surface area contributed by atoms with Crippen molar-refractivity contribution in [3.63, 3.8) is 0 Å². The minimum absolute atomic E-state index is 0.301. The van der Waals surface area contributed by atoms with Crippen LogP contribution in [0.25, 0.3) is 22.3 Å². The number of benzene rings is 4. The van der Waals surface area contributed by atoms with E-state index in [4.69, 9.17) is 0 Å². The van der Waals surface area contributed by atoms with Crippen molar-refractivity contribution in [1.29, 1.82) is 0 Å². The van der Waals surface area contributed by atoms with Crippen molar-refractivity contribution in [2.75, 3.05) is 0 Å². The maximum Gasteiger partial charge on any atom is 0.126 e. The predicted octanol–water partition coefficient (Wildman–Crippen LogP) is 8.05. The summed E-state index contributed by atoms with van der Waals surface area (Å²) >= 11 is 0. The highest BCUT2D eigenvalue weighted by Gasteiger charge is 2.28. The summed E-state index contributed by atoms with van der Waals surface area (Å²) in [6.45, 7) is 10.4.